The number of nitrogens with two attached hydrogens (primary N) is 1. The first-order valence-corrected chi connectivity index (χ1v) is 6.60. The molecule has 1 unspecified atom stereocenters. The van der Waals surface area contributed by atoms with Crippen LogP contribution in [0.15, 0.2) is 0 Å². The summed E-state index contributed by atoms with van der Waals surface area (Å²) in [5.41, 5.74) is 5.08. The van der Waals surface area contributed by atoms with Crippen LogP contribution in [-0.4, -0.2) is 36.2 Å². The zero-order valence-electron chi connectivity index (χ0n) is 11.4. The van der Waals surface area contributed by atoms with E-state index in [1.165, 1.54) is 12.8 Å². The Kier molecular flexibility index (Phi) is 5.25. The Hall–Kier alpha value is -0.770. The van der Waals surface area contributed by atoms with Crippen molar-refractivity contribution >= 4 is 6.09 Å². The molecule has 2 N–H and O–H groups in total. The number of amides is 1. The fourth-order valence-electron chi connectivity index (χ4n) is 2.14. The van der Waals surface area contributed by atoms with E-state index in [1.807, 2.05) is 25.7 Å². The second kappa shape index (κ2) is 6.24. The zero-order chi connectivity index (χ0) is 12.9. The first-order chi connectivity index (χ1) is 7.92. The maximum atomic E-state index is 11.8. The summed E-state index contributed by atoms with van der Waals surface area (Å²) >= 11 is 0. The summed E-state index contributed by atoms with van der Waals surface area (Å²) < 4.78 is 5.36. The molecule has 0 aliphatic carbocycles. The Morgan fingerprint density at radius 2 is 2.12 bits per heavy atom. The predicted molar refractivity (Wildman–Crippen MR) is 68.8 cm³/mol. The minimum atomic E-state index is -0.394. The van der Waals surface area contributed by atoms with Gasteiger partial charge in [0.15, 0.2) is 0 Å². The molecule has 1 saturated heterocycles. The highest BCUT2D eigenvalue weighted by atomic mass is 16.6. The van der Waals surface area contributed by atoms with Crippen LogP contribution in [0.1, 0.15) is 46.5 Å². The van der Waals surface area contributed by atoms with E-state index in [9.17, 15) is 4.79 Å². The highest BCUT2D eigenvalue weighted by Crippen LogP contribution is 2.23. The molecule has 4 nitrogen and oxygen atoms in total. The van der Waals surface area contributed by atoms with Gasteiger partial charge < -0.3 is 15.4 Å². The second-order valence-corrected chi connectivity index (χ2v) is 5.87. The second-order valence-electron chi connectivity index (χ2n) is 5.87. The van der Waals surface area contributed by atoms with E-state index in [0.717, 1.165) is 32.5 Å². The van der Waals surface area contributed by atoms with E-state index in [4.69, 9.17) is 10.5 Å². The van der Waals surface area contributed by atoms with Gasteiger partial charge in [-0.05, 0) is 52.5 Å². The van der Waals surface area contributed by atoms with Crippen LogP contribution in [0.3, 0.4) is 0 Å². The van der Waals surface area contributed by atoms with Crippen molar-refractivity contribution in [3.05, 3.63) is 0 Å². The van der Waals surface area contributed by atoms with Gasteiger partial charge >= 0.3 is 6.09 Å². The van der Waals surface area contributed by atoms with Crippen LogP contribution in [0.5, 0.6) is 0 Å². The Balaban J connectivity index is 2.27. The lowest BCUT2D eigenvalue weighted by molar-refractivity contribution is 0.0287. The molecule has 100 valence electrons. The first kappa shape index (κ1) is 14.3. The summed E-state index contributed by atoms with van der Waals surface area (Å²) in [4.78, 5) is 13.7. The van der Waals surface area contributed by atoms with Crippen LogP contribution in [0.2, 0.25) is 0 Å². The summed E-state index contributed by atoms with van der Waals surface area (Å²) in [5.74, 6) is 0.633. The molecule has 1 atom stereocenters. The molecular weight excluding hydrogens is 216 g/mol. The molecule has 0 radical (unpaired) electrons. The smallest absolute Gasteiger partial charge is 0.410 e. The molecule has 1 aliphatic rings. The summed E-state index contributed by atoms with van der Waals surface area (Å²) in [7, 11) is 0. The van der Waals surface area contributed by atoms with Crippen LogP contribution < -0.4 is 5.73 Å². The van der Waals surface area contributed by atoms with Gasteiger partial charge in [-0.3, -0.25) is 0 Å². The number of unbranched alkanes of at least 4 members (excludes halogenated alkanes) is 1. The number of hydrogen-bond donors (Lipinski definition) is 1. The highest BCUT2D eigenvalue weighted by molar-refractivity contribution is 5.68. The monoisotopic (exact) mass is 242 g/mol. The number of carbonyl (C=O) groups excluding carboxylic acids is 1. The van der Waals surface area contributed by atoms with Crippen LogP contribution in [-0.2, 0) is 4.74 Å². The van der Waals surface area contributed by atoms with Crippen molar-refractivity contribution in [2.45, 2.75) is 52.1 Å². The molecule has 0 aromatic carbocycles. The van der Waals surface area contributed by atoms with Gasteiger partial charge in [-0.1, -0.05) is 6.42 Å². The molecular formula is C13H26N2O2. The van der Waals surface area contributed by atoms with Crippen molar-refractivity contribution in [2.24, 2.45) is 11.7 Å². The fraction of sp³-hybridized carbons (Fsp3) is 0.923. The molecule has 0 aromatic heterocycles. The highest BCUT2D eigenvalue weighted by Gasteiger charge is 2.29. The molecule has 1 amide bonds. The summed E-state index contributed by atoms with van der Waals surface area (Å²) in [6.45, 7) is 8.16. The molecule has 1 aliphatic heterocycles. The Morgan fingerprint density at radius 3 is 2.71 bits per heavy atom. The van der Waals surface area contributed by atoms with E-state index >= 15 is 0 Å². The molecule has 17 heavy (non-hydrogen) atoms. The Bertz CT molecular complexity index is 248. The van der Waals surface area contributed by atoms with E-state index in [2.05, 4.69) is 0 Å². The third-order valence-corrected chi connectivity index (χ3v) is 3.00. The zero-order valence-corrected chi connectivity index (χ0v) is 11.4. The van der Waals surface area contributed by atoms with E-state index < -0.39 is 5.60 Å². The summed E-state index contributed by atoms with van der Waals surface area (Å²) in [6, 6.07) is 0. The molecule has 0 saturated carbocycles. The molecule has 1 heterocycles. The average Bonchev–Trinajstić information content (AvgIpc) is 2.64. The van der Waals surface area contributed by atoms with Crippen LogP contribution in [0.25, 0.3) is 0 Å². The van der Waals surface area contributed by atoms with Gasteiger partial charge in [0.05, 0.1) is 0 Å². The number of nitrogens with zero attached hydrogens (tertiary/aromatic N) is 1. The van der Waals surface area contributed by atoms with Gasteiger partial charge in [0, 0.05) is 13.1 Å². The van der Waals surface area contributed by atoms with Gasteiger partial charge in [0.2, 0.25) is 0 Å². The van der Waals surface area contributed by atoms with Crippen molar-refractivity contribution < 1.29 is 9.53 Å². The van der Waals surface area contributed by atoms with Crippen LogP contribution >= 0.6 is 0 Å². The molecule has 0 aromatic rings. The normalized spacial score (nSPS) is 20.7. The molecule has 0 bridgehead atoms. The van der Waals surface area contributed by atoms with Crippen molar-refractivity contribution in [3.8, 4) is 0 Å². The minimum Gasteiger partial charge on any atom is -0.444 e. The van der Waals surface area contributed by atoms with Crippen molar-refractivity contribution in [1.82, 2.24) is 4.90 Å². The number of ether oxygens (including phenoxy) is 1. The molecule has 4 heteroatoms. The van der Waals surface area contributed by atoms with Crippen molar-refractivity contribution in [3.63, 3.8) is 0 Å². The van der Waals surface area contributed by atoms with Crippen LogP contribution in [0, 0.1) is 5.92 Å². The summed E-state index contributed by atoms with van der Waals surface area (Å²) in [5, 5.41) is 0. The third-order valence-electron chi connectivity index (χ3n) is 3.00. The minimum absolute atomic E-state index is 0.168. The van der Waals surface area contributed by atoms with E-state index in [-0.39, 0.29) is 6.09 Å². The fourth-order valence-corrected chi connectivity index (χ4v) is 2.14. The number of likely N-dealkylation sites (tertiary alicyclic amines) is 1. The predicted octanol–water partition coefficient (Wildman–Crippen LogP) is 2.37. The van der Waals surface area contributed by atoms with E-state index in [1.54, 1.807) is 0 Å². The SMILES string of the molecule is CC(C)(C)OC(=O)N1CCC(CCCCN)C1. The molecule has 0 spiro atoms. The van der Waals surface area contributed by atoms with Gasteiger partial charge in [-0.15, -0.1) is 0 Å². The lowest BCUT2D eigenvalue weighted by atomic mass is 10.0. The standard InChI is InChI=1S/C13H26N2O2/c1-13(2,3)17-12(16)15-9-7-11(10-15)6-4-5-8-14/h11H,4-10,14H2,1-3H3. The lowest BCUT2D eigenvalue weighted by Crippen LogP contribution is -2.35. The topological polar surface area (TPSA) is 55.6 Å². The first-order valence-electron chi connectivity index (χ1n) is 6.60. The Labute approximate surface area is 104 Å². The maximum absolute atomic E-state index is 11.8. The number of hydrogen-bond acceptors (Lipinski definition) is 3. The van der Waals surface area contributed by atoms with Gasteiger partial charge in [-0.25, -0.2) is 4.79 Å². The van der Waals surface area contributed by atoms with E-state index in [0.29, 0.717) is 5.92 Å². The Morgan fingerprint density at radius 1 is 1.41 bits per heavy atom. The van der Waals surface area contributed by atoms with Gasteiger partial charge in [0.1, 0.15) is 5.60 Å². The number of rotatable bonds is 4. The van der Waals surface area contributed by atoms with Crippen LogP contribution in [0.4, 0.5) is 4.79 Å². The largest absolute Gasteiger partial charge is 0.444 e. The summed E-state index contributed by atoms with van der Waals surface area (Å²) in [6.07, 6.45) is 4.37. The third kappa shape index (κ3) is 5.39. The van der Waals surface area contributed by atoms with Crippen molar-refractivity contribution in [2.75, 3.05) is 19.6 Å². The van der Waals surface area contributed by atoms with Crippen molar-refractivity contribution in [1.29, 1.82) is 0 Å². The van der Waals surface area contributed by atoms with Gasteiger partial charge in [0.25, 0.3) is 0 Å². The van der Waals surface area contributed by atoms with Gasteiger partial charge in [-0.2, -0.15) is 0 Å². The lowest BCUT2D eigenvalue weighted by Gasteiger charge is -2.24. The molecule has 1 rings (SSSR count). The average molecular weight is 242 g/mol. The quantitative estimate of drug-likeness (QED) is 0.770. The maximum Gasteiger partial charge on any atom is 0.410 e. The molecule has 1 fully saturated rings. The number of carbonyl (C=O) groups is 1.